The Morgan fingerprint density at radius 2 is 1.80 bits per heavy atom. The van der Waals surface area contributed by atoms with Crippen LogP contribution in [0, 0.1) is 17.8 Å². The van der Waals surface area contributed by atoms with E-state index < -0.39 is 0 Å². The highest BCUT2D eigenvalue weighted by Gasteiger charge is 2.36. The van der Waals surface area contributed by atoms with Crippen molar-refractivity contribution in [3.05, 3.63) is 53.6 Å². The molecule has 0 spiro atoms. The van der Waals surface area contributed by atoms with Crippen molar-refractivity contribution >= 4 is 17.4 Å². The van der Waals surface area contributed by atoms with E-state index in [4.69, 9.17) is 15.2 Å². The minimum absolute atomic E-state index is 0.0100. The maximum atomic E-state index is 13.1. The Morgan fingerprint density at radius 3 is 2.46 bits per heavy atom. The third kappa shape index (κ3) is 11.0. The van der Waals surface area contributed by atoms with Crippen molar-refractivity contribution in [3.63, 3.8) is 0 Å². The Bertz CT molecular complexity index is 1330. The molecule has 2 atom stereocenters. The van der Waals surface area contributed by atoms with Crippen LogP contribution in [0.25, 0.3) is 0 Å². The maximum Gasteiger partial charge on any atom is 0.192 e. The number of nitrogens with one attached hydrogen (secondary N) is 2. The summed E-state index contributed by atoms with van der Waals surface area (Å²) < 4.78 is 11.8. The van der Waals surface area contributed by atoms with Crippen molar-refractivity contribution in [1.29, 1.82) is 0 Å². The number of carbonyl (C=O) groups is 1. The van der Waals surface area contributed by atoms with E-state index in [1.54, 1.807) is 25.3 Å². The van der Waals surface area contributed by atoms with Crippen LogP contribution in [0.3, 0.4) is 0 Å². The van der Waals surface area contributed by atoms with E-state index in [0.717, 1.165) is 56.1 Å². The zero-order valence-electron chi connectivity index (χ0n) is 28.7. The summed E-state index contributed by atoms with van der Waals surface area (Å²) in [5, 5.41) is 27.5. The Balaban J connectivity index is 1.88. The van der Waals surface area contributed by atoms with Gasteiger partial charge in [0, 0.05) is 20.0 Å². The number of phenols is 2. The minimum atomic E-state index is -0.385. The van der Waals surface area contributed by atoms with Gasteiger partial charge in [-0.2, -0.15) is 0 Å². The molecule has 1 saturated carbocycles. The van der Waals surface area contributed by atoms with E-state index in [-0.39, 0.29) is 34.8 Å². The molecule has 9 nitrogen and oxygen atoms in total. The van der Waals surface area contributed by atoms with Gasteiger partial charge in [0.1, 0.15) is 5.60 Å². The number of ketones is 1. The lowest BCUT2D eigenvalue weighted by molar-refractivity contribution is -0.114. The summed E-state index contributed by atoms with van der Waals surface area (Å²) in [5.74, 6) is 2.21. The maximum absolute atomic E-state index is 13.1. The highest BCUT2D eigenvalue weighted by Crippen LogP contribution is 2.42. The van der Waals surface area contributed by atoms with Crippen molar-refractivity contribution in [2.75, 3.05) is 33.1 Å². The Hall–Kier alpha value is -3.72. The number of phenolic OH excluding ortho intramolecular Hbond substituents is 2. The van der Waals surface area contributed by atoms with Gasteiger partial charge >= 0.3 is 0 Å². The Morgan fingerprint density at radius 1 is 1.09 bits per heavy atom. The van der Waals surface area contributed by atoms with E-state index in [1.165, 1.54) is 7.11 Å². The number of hydrogen-bond donors (Lipinski definition) is 5. The van der Waals surface area contributed by atoms with Crippen molar-refractivity contribution in [2.24, 2.45) is 28.5 Å². The second-order valence-electron chi connectivity index (χ2n) is 13.2. The number of nitrogens with two attached hydrogens (primary N) is 1. The van der Waals surface area contributed by atoms with Crippen LogP contribution >= 0.6 is 0 Å². The first-order valence-corrected chi connectivity index (χ1v) is 16.7. The van der Waals surface area contributed by atoms with Crippen molar-refractivity contribution in [3.8, 4) is 23.0 Å². The lowest BCUT2D eigenvalue weighted by Gasteiger charge is -2.31. The van der Waals surface area contributed by atoms with Crippen molar-refractivity contribution in [1.82, 2.24) is 5.32 Å². The van der Waals surface area contributed by atoms with E-state index in [0.29, 0.717) is 54.8 Å². The topological polar surface area (TPSA) is 138 Å². The first kappa shape index (κ1) is 36.7. The highest BCUT2D eigenvalue weighted by atomic mass is 16.5. The quantitative estimate of drug-likeness (QED) is 0.0524. The van der Waals surface area contributed by atoms with Gasteiger partial charge < -0.3 is 36.1 Å². The van der Waals surface area contributed by atoms with Gasteiger partial charge in [-0.1, -0.05) is 52.2 Å². The van der Waals surface area contributed by atoms with Gasteiger partial charge in [0.2, 0.25) is 0 Å². The smallest absolute Gasteiger partial charge is 0.192 e. The summed E-state index contributed by atoms with van der Waals surface area (Å²) in [6, 6.07) is 9.02. The largest absolute Gasteiger partial charge is 0.504 e. The second kappa shape index (κ2) is 17.8. The Kier molecular flexibility index (Phi) is 14.2. The molecule has 6 N–H and O–H groups in total. The summed E-state index contributed by atoms with van der Waals surface area (Å²) in [6.45, 7) is 7.43. The molecule has 1 aliphatic rings. The fourth-order valence-electron chi connectivity index (χ4n) is 6.29. The van der Waals surface area contributed by atoms with Crippen molar-refractivity contribution < 1.29 is 24.5 Å². The molecule has 2 aromatic rings. The van der Waals surface area contributed by atoms with Crippen LogP contribution in [0.1, 0.15) is 83.3 Å². The monoisotopic (exact) mass is 636 g/mol. The predicted molar refractivity (Wildman–Crippen MR) is 187 cm³/mol. The second-order valence-corrected chi connectivity index (χ2v) is 13.2. The number of rotatable bonds is 18. The number of ether oxygens (including phenoxy) is 2. The first-order chi connectivity index (χ1) is 22.0. The number of aromatic hydroxyl groups is 2. The first-order valence-electron chi connectivity index (χ1n) is 16.7. The molecule has 2 unspecified atom stereocenters. The molecule has 2 aromatic carbocycles. The highest BCUT2D eigenvalue weighted by molar-refractivity contribution is 5.94. The molecule has 0 aliphatic heterocycles. The lowest BCUT2D eigenvalue weighted by atomic mass is 9.83. The zero-order valence-corrected chi connectivity index (χ0v) is 28.7. The van der Waals surface area contributed by atoms with Crippen LogP contribution in [0.2, 0.25) is 0 Å². The van der Waals surface area contributed by atoms with Crippen LogP contribution < -0.4 is 25.8 Å². The number of carbonyl (C=O) groups excluding carboxylic acids is 1. The molecule has 1 aliphatic carbocycles. The van der Waals surface area contributed by atoms with E-state index >= 15 is 0 Å². The van der Waals surface area contributed by atoms with E-state index in [2.05, 4.69) is 42.5 Å². The van der Waals surface area contributed by atoms with Gasteiger partial charge in [-0.25, -0.2) is 0 Å². The van der Waals surface area contributed by atoms with Crippen LogP contribution in [0.15, 0.2) is 47.5 Å². The lowest BCUT2D eigenvalue weighted by Crippen LogP contribution is -2.42. The van der Waals surface area contributed by atoms with Gasteiger partial charge in [0.15, 0.2) is 34.7 Å². The standard InChI is InChI=1S/C37H56N4O5/c1-25(2)10-9-11-26(3)29(14-16-30(42)15-12-27-13-17-32(43)33(22-27)45-6)20-28-21-31(41-36(38)40-5)35(44)34(23-28)46-37(24-39-4)18-7-8-19-37/h13-14,16-17,21-23,25-26,29,39,43-44H,7-12,15,18-20,24H2,1-6H3,(H3,38,40,41). The molecule has 46 heavy (non-hydrogen) atoms. The van der Waals surface area contributed by atoms with E-state index in [9.17, 15) is 15.0 Å². The number of aliphatic imine (C=N–C) groups is 1. The number of likely N-dealkylation sites (N-methyl/N-ethyl adjacent to an activating group) is 1. The van der Waals surface area contributed by atoms with Crippen LogP contribution in [0.4, 0.5) is 5.69 Å². The molecule has 0 heterocycles. The molecule has 0 amide bonds. The van der Waals surface area contributed by atoms with Gasteiger partial charge in [-0.3, -0.25) is 9.79 Å². The van der Waals surface area contributed by atoms with Gasteiger partial charge in [0.05, 0.1) is 12.8 Å². The Labute approximate surface area is 275 Å². The molecule has 0 aromatic heterocycles. The number of guanidine groups is 1. The number of aryl methyl sites for hydroxylation is 1. The molecular weight excluding hydrogens is 580 g/mol. The fourth-order valence-corrected chi connectivity index (χ4v) is 6.29. The van der Waals surface area contributed by atoms with Crippen LogP contribution in [-0.2, 0) is 17.6 Å². The molecule has 3 rings (SSSR count). The summed E-state index contributed by atoms with van der Waals surface area (Å²) in [7, 11) is 5.03. The number of methoxy groups -OCH3 is 1. The summed E-state index contributed by atoms with van der Waals surface area (Å²) in [6.07, 6.45) is 12.7. The average molecular weight is 637 g/mol. The minimum Gasteiger partial charge on any atom is -0.504 e. The van der Waals surface area contributed by atoms with Gasteiger partial charge in [0.25, 0.3) is 0 Å². The number of benzene rings is 2. The summed E-state index contributed by atoms with van der Waals surface area (Å²) >= 11 is 0. The summed E-state index contributed by atoms with van der Waals surface area (Å²) in [5.41, 5.74) is 7.99. The van der Waals surface area contributed by atoms with Crippen LogP contribution in [0.5, 0.6) is 23.0 Å². The zero-order chi connectivity index (χ0) is 33.7. The fraction of sp³-hybridized carbons (Fsp3) is 0.568. The number of nitrogens with zero attached hydrogens (tertiary/aromatic N) is 1. The van der Waals surface area contributed by atoms with Gasteiger partial charge in [-0.15, -0.1) is 0 Å². The molecule has 0 bridgehead atoms. The normalized spacial score (nSPS) is 16.1. The SMILES string of the molecule is CN=C(N)Nc1cc(CC(C=CC(=O)CCc2ccc(O)c(OC)c2)C(C)CCCC(C)C)cc(OC2(CNC)CCCC2)c1O. The molecule has 0 saturated heterocycles. The predicted octanol–water partition coefficient (Wildman–Crippen LogP) is 6.75. The average Bonchev–Trinajstić information content (AvgIpc) is 3.48. The molecular formula is C37H56N4O5. The van der Waals surface area contributed by atoms with Crippen molar-refractivity contribution in [2.45, 2.75) is 90.6 Å². The number of anilines is 1. The molecule has 254 valence electrons. The third-order valence-electron chi connectivity index (χ3n) is 9.06. The third-order valence-corrected chi connectivity index (χ3v) is 9.06. The molecule has 9 heteroatoms. The molecule has 1 fully saturated rings. The van der Waals surface area contributed by atoms with Gasteiger partial charge in [-0.05, 0) is 105 Å². The number of allylic oxidation sites excluding steroid dienone is 2. The van der Waals surface area contributed by atoms with E-state index in [1.807, 2.05) is 25.2 Å². The summed E-state index contributed by atoms with van der Waals surface area (Å²) in [4.78, 5) is 17.1. The van der Waals surface area contributed by atoms with Crippen LogP contribution in [-0.4, -0.2) is 55.3 Å². The number of hydrogen-bond acceptors (Lipinski definition) is 7. The molecule has 0 radical (unpaired) electrons.